The van der Waals surface area contributed by atoms with E-state index in [2.05, 4.69) is 19.8 Å². The van der Waals surface area contributed by atoms with Gasteiger partial charge in [-0.2, -0.15) is 5.10 Å². The van der Waals surface area contributed by atoms with Crippen LogP contribution in [0.25, 0.3) is 16.7 Å². The van der Waals surface area contributed by atoms with E-state index in [4.69, 9.17) is 0 Å². The minimum Gasteiger partial charge on any atom is -0.316 e. The van der Waals surface area contributed by atoms with Crippen LogP contribution in [0.15, 0.2) is 75.4 Å². The molecule has 10 heteroatoms. The number of nitrogens with one attached hydrogen (secondary N) is 3. The van der Waals surface area contributed by atoms with E-state index in [1.54, 1.807) is 10.9 Å². The second-order valence-corrected chi connectivity index (χ2v) is 8.16. The first-order chi connectivity index (χ1) is 13.9. The number of aromatic nitrogens is 4. The van der Waals surface area contributed by atoms with Crippen molar-refractivity contribution in [2.75, 3.05) is 6.54 Å². The van der Waals surface area contributed by atoms with Crippen LogP contribution in [0, 0.1) is 0 Å². The molecule has 9 nitrogen and oxygen atoms in total. The molecule has 0 fully saturated rings. The average molecular weight is 411 g/mol. The first-order valence-electron chi connectivity index (χ1n) is 8.77. The van der Waals surface area contributed by atoms with E-state index in [1.807, 2.05) is 36.5 Å². The number of H-pyrrole nitrogens is 2. The Labute approximate surface area is 165 Å². The van der Waals surface area contributed by atoms with E-state index in [0.717, 1.165) is 11.3 Å². The third kappa shape index (κ3) is 4.03. The van der Waals surface area contributed by atoms with Crippen LogP contribution < -0.4 is 15.8 Å². The van der Waals surface area contributed by atoms with Gasteiger partial charge in [-0.1, -0.05) is 18.2 Å². The number of aromatic amines is 2. The zero-order chi connectivity index (χ0) is 20.4. The lowest BCUT2D eigenvalue weighted by Crippen LogP contribution is -2.29. The molecule has 2 aromatic carbocycles. The summed E-state index contributed by atoms with van der Waals surface area (Å²) in [7, 11) is -3.78. The summed E-state index contributed by atoms with van der Waals surface area (Å²) in [5.41, 5.74) is 0.765. The topological polar surface area (TPSA) is 130 Å². The van der Waals surface area contributed by atoms with Gasteiger partial charge < -0.3 is 9.97 Å². The Bertz CT molecular complexity index is 1390. The molecule has 29 heavy (non-hydrogen) atoms. The lowest BCUT2D eigenvalue weighted by Gasteiger charge is -2.07. The molecule has 0 spiro atoms. The smallest absolute Gasteiger partial charge is 0.314 e. The van der Waals surface area contributed by atoms with E-state index in [1.165, 1.54) is 18.2 Å². The lowest BCUT2D eigenvalue weighted by atomic mass is 10.2. The van der Waals surface area contributed by atoms with Crippen molar-refractivity contribution in [2.24, 2.45) is 0 Å². The summed E-state index contributed by atoms with van der Waals surface area (Å²) in [6.45, 7) is 0.184. The van der Waals surface area contributed by atoms with E-state index < -0.39 is 21.1 Å². The molecule has 0 aliphatic carbocycles. The van der Waals surface area contributed by atoms with Crippen molar-refractivity contribution in [3.63, 3.8) is 0 Å². The molecule has 4 rings (SSSR count). The van der Waals surface area contributed by atoms with Crippen molar-refractivity contribution in [1.29, 1.82) is 0 Å². The molecule has 0 saturated carbocycles. The number of para-hydroxylation sites is 1. The van der Waals surface area contributed by atoms with E-state index >= 15 is 0 Å². The maximum absolute atomic E-state index is 12.5. The fraction of sp³-hybridized carbons (Fsp3) is 0.105. The summed E-state index contributed by atoms with van der Waals surface area (Å²) in [6, 6.07) is 13.7. The highest BCUT2D eigenvalue weighted by molar-refractivity contribution is 7.89. The summed E-state index contributed by atoms with van der Waals surface area (Å²) in [5.74, 6) is 0. The van der Waals surface area contributed by atoms with E-state index in [-0.39, 0.29) is 17.0 Å². The number of hydrogen-bond acceptors (Lipinski definition) is 5. The predicted molar refractivity (Wildman–Crippen MR) is 108 cm³/mol. The van der Waals surface area contributed by atoms with Crippen LogP contribution in [0.3, 0.4) is 0 Å². The minimum absolute atomic E-state index is 0.00678. The monoisotopic (exact) mass is 411 g/mol. The van der Waals surface area contributed by atoms with Crippen molar-refractivity contribution in [3.8, 4) is 5.69 Å². The summed E-state index contributed by atoms with van der Waals surface area (Å²) in [5, 5.41) is 4.29. The second kappa shape index (κ2) is 7.49. The first kappa shape index (κ1) is 18.8. The highest BCUT2D eigenvalue weighted by Crippen LogP contribution is 2.14. The van der Waals surface area contributed by atoms with Gasteiger partial charge in [-0.3, -0.25) is 9.59 Å². The van der Waals surface area contributed by atoms with Gasteiger partial charge in [0, 0.05) is 12.7 Å². The highest BCUT2D eigenvalue weighted by Gasteiger charge is 2.15. The Kier molecular flexibility index (Phi) is 4.87. The quantitative estimate of drug-likeness (QED) is 0.406. The molecule has 2 aromatic heterocycles. The Balaban J connectivity index is 1.46. The van der Waals surface area contributed by atoms with Gasteiger partial charge in [0.1, 0.15) is 0 Å². The van der Waals surface area contributed by atoms with E-state index in [9.17, 15) is 18.0 Å². The number of sulfonamides is 1. The summed E-state index contributed by atoms with van der Waals surface area (Å²) in [6.07, 6.45) is 4.00. The second-order valence-electron chi connectivity index (χ2n) is 6.39. The first-order valence-corrected chi connectivity index (χ1v) is 10.3. The fourth-order valence-corrected chi connectivity index (χ4v) is 3.94. The van der Waals surface area contributed by atoms with Gasteiger partial charge in [-0.25, -0.2) is 17.8 Å². The van der Waals surface area contributed by atoms with Crippen molar-refractivity contribution < 1.29 is 8.42 Å². The average Bonchev–Trinajstić information content (AvgIpc) is 3.18. The molecule has 4 aromatic rings. The van der Waals surface area contributed by atoms with E-state index in [0.29, 0.717) is 11.9 Å². The van der Waals surface area contributed by atoms with Gasteiger partial charge in [0.25, 0.3) is 0 Å². The summed E-state index contributed by atoms with van der Waals surface area (Å²) in [4.78, 5) is 27.6. The number of nitrogens with zero attached hydrogens (tertiary/aromatic N) is 2. The lowest BCUT2D eigenvalue weighted by molar-refractivity contribution is 0.581. The largest absolute Gasteiger partial charge is 0.316 e. The van der Waals surface area contributed by atoms with Crippen LogP contribution in [0.2, 0.25) is 0 Å². The normalized spacial score (nSPS) is 11.7. The third-order valence-electron chi connectivity index (χ3n) is 4.37. The molecule has 148 valence electrons. The number of rotatable bonds is 6. The van der Waals surface area contributed by atoms with Crippen LogP contribution >= 0.6 is 0 Å². The fourth-order valence-electron chi connectivity index (χ4n) is 2.89. The van der Waals surface area contributed by atoms with Crippen molar-refractivity contribution in [2.45, 2.75) is 11.3 Å². The van der Waals surface area contributed by atoms with Crippen molar-refractivity contribution >= 4 is 21.1 Å². The maximum atomic E-state index is 12.5. The van der Waals surface area contributed by atoms with Crippen LogP contribution in [-0.2, 0) is 16.4 Å². The maximum Gasteiger partial charge on any atom is 0.314 e. The number of fused-ring (bicyclic) bond motifs is 1. The molecule has 0 aliphatic rings. The zero-order valence-electron chi connectivity index (χ0n) is 15.1. The molecule has 0 amide bonds. The highest BCUT2D eigenvalue weighted by atomic mass is 32.2. The molecule has 0 radical (unpaired) electrons. The molecule has 0 aliphatic heterocycles. The molecular weight excluding hydrogens is 394 g/mol. The molecular formula is C19H17N5O4S. The van der Waals surface area contributed by atoms with Crippen LogP contribution in [-0.4, -0.2) is 34.7 Å². The van der Waals surface area contributed by atoms with Crippen molar-refractivity contribution in [1.82, 2.24) is 24.5 Å². The van der Waals surface area contributed by atoms with Crippen LogP contribution in [0.1, 0.15) is 5.56 Å². The Hall–Kier alpha value is -3.50. The van der Waals surface area contributed by atoms with Crippen LogP contribution in [0.5, 0.6) is 0 Å². The molecule has 3 N–H and O–H groups in total. The minimum atomic E-state index is -3.78. The molecule has 2 heterocycles. The molecule has 0 bridgehead atoms. The summed E-state index contributed by atoms with van der Waals surface area (Å²) >= 11 is 0. The third-order valence-corrected chi connectivity index (χ3v) is 5.83. The van der Waals surface area contributed by atoms with Gasteiger partial charge in [0.05, 0.1) is 27.8 Å². The molecule has 0 atom stereocenters. The molecule has 0 saturated heterocycles. The van der Waals surface area contributed by atoms with Crippen LogP contribution in [0.4, 0.5) is 0 Å². The Morgan fingerprint density at radius 2 is 1.69 bits per heavy atom. The predicted octanol–water partition coefficient (Wildman–Crippen LogP) is 0.923. The summed E-state index contributed by atoms with van der Waals surface area (Å²) < 4.78 is 29.4. The van der Waals surface area contributed by atoms with Gasteiger partial charge in [-0.15, -0.1) is 0 Å². The van der Waals surface area contributed by atoms with Gasteiger partial charge in [0.15, 0.2) is 0 Å². The van der Waals surface area contributed by atoms with Gasteiger partial charge in [0.2, 0.25) is 10.0 Å². The van der Waals surface area contributed by atoms with Gasteiger partial charge in [-0.05, 0) is 42.3 Å². The molecule has 0 unspecified atom stereocenters. The zero-order valence-corrected chi connectivity index (χ0v) is 15.9. The Morgan fingerprint density at radius 3 is 2.45 bits per heavy atom. The number of hydrogen-bond donors (Lipinski definition) is 3. The Morgan fingerprint density at radius 1 is 0.966 bits per heavy atom. The van der Waals surface area contributed by atoms with Crippen molar-refractivity contribution in [3.05, 3.63) is 87.2 Å². The number of benzene rings is 2. The SMILES string of the molecule is O=c1[nH]c2ccc(S(=O)(=O)NCCc3cnn(-c4ccccc4)c3)cc2[nH]c1=O. The standard InChI is InChI=1S/C19H17N5O4S/c25-18-19(26)23-17-10-15(6-7-16(17)22-18)29(27,28)21-9-8-13-11-20-24(12-13)14-4-2-1-3-5-14/h1-7,10-12,21H,8-9H2,(H,22,25)(H,23,26). The van der Waals surface area contributed by atoms with Gasteiger partial charge >= 0.3 is 11.1 Å².